The van der Waals surface area contributed by atoms with Crippen molar-refractivity contribution < 1.29 is 27.5 Å². The summed E-state index contributed by atoms with van der Waals surface area (Å²) < 4.78 is 35.6. The zero-order valence-electron chi connectivity index (χ0n) is 13.3. The highest BCUT2D eigenvalue weighted by atomic mass is 32.2. The number of nitrogen functional groups attached to an aromatic ring is 1. The monoisotopic (exact) mass is 352 g/mol. The van der Waals surface area contributed by atoms with Crippen LogP contribution in [0.15, 0.2) is 35.4 Å². The van der Waals surface area contributed by atoms with E-state index < -0.39 is 22.0 Å². The number of rotatable bonds is 4. The lowest BCUT2D eigenvalue weighted by Crippen LogP contribution is -2.20. The van der Waals surface area contributed by atoms with E-state index in [1.807, 2.05) is 0 Å². The van der Waals surface area contributed by atoms with Gasteiger partial charge in [-0.05, 0) is 36.8 Å². The Morgan fingerprint density at radius 3 is 2.25 bits per heavy atom. The summed E-state index contributed by atoms with van der Waals surface area (Å²) in [7, 11) is -1.79. The van der Waals surface area contributed by atoms with Gasteiger partial charge in [0.15, 0.2) is 0 Å². The average molecular weight is 352 g/mol. The Labute approximate surface area is 138 Å². The fourth-order valence-corrected chi connectivity index (χ4v) is 3.66. The van der Waals surface area contributed by atoms with Gasteiger partial charge in [0.2, 0.25) is 0 Å². The van der Waals surface area contributed by atoms with E-state index in [2.05, 4.69) is 9.47 Å². The number of nitrogens with two attached hydrogens (primary N) is 1. The predicted octanol–water partition coefficient (Wildman–Crippen LogP) is 1.19. The minimum atomic E-state index is -4.15. The zero-order valence-corrected chi connectivity index (χ0v) is 14.1. The van der Waals surface area contributed by atoms with Gasteiger partial charge in [-0.3, -0.25) is 0 Å². The molecule has 1 aromatic carbocycles. The minimum Gasteiger partial charge on any atom is -0.465 e. The van der Waals surface area contributed by atoms with Gasteiger partial charge in [0, 0.05) is 6.20 Å². The predicted molar refractivity (Wildman–Crippen MR) is 85.3 cm³/mol. The zero-order chi connectivity index (χ0) is 18.1. The molecule has 0 aliphatic carbocycles. The first-order chi connectivity index (χ1) is 11.2. The standard InChI is InChI=1S/C15H16N2O6S/c1-9-6-12(15(19)23-3)17(8-9)24(20,21)13-5-4-10(7-11(13)16)14(18)22-2/h4-8H,16H2,1-3H3. The Morgan fingerprint density at radius 1 is 1.08 bits per heavy atom. The quantitative estimate of drug-likeness (QED) is 0.648. The summed E-state index contributed by atoms with van der Waals surface area (Å²) in [5.74, 6) is -1.44. The lowest BCUT2D eigenvalue weighted by Gasteiger charge is -2.12. The molecule has 0 saturated heterocycles. The third-order valence-electron chi connectivity index (χ3n) is 3.28. The van der Waals surface area contributed by atoms with Gasteiger partial charge in [0.1, 0.15) is 10.6 Å². The van der Waals surface area contributed by atoms with E-state index >= 15 is 0 Å². The van der Waals surface area contributed by atoms with Crippen LogP contribution in [0.2, 0.25) is 0 Å². The van der Waals surface area contributed by atoms with Crippen LogP contribution < -0.4 is 5.73 Å². The summed E-state index contributed by atoms with van der Waals surface area (Å²) in [5.41, 5.74) is 6.18. The number of anilines is 1. The van der Waals surface area contributed by atoms with E-state index in [0.717, 1.165) is 11.1 Å². The molecule has 0 fully saturated rings. The molecular weight excluding hydrogens is 336 g/mol. The maximum atomic E-state index is 12.8. The number of carbonyl (C=O) groups is 2. The molecule has 0 atom stereocenters. The van der Waals surface area contributed by atoms with Crippen LogP contribution in [-0.4, -0.2) is 38.5 Å². The smallest absolute Gasteiger partial charge is 0.355 e. The first-order valence-corrected chi connectivity index (χ1v) is 8.17. The number of benzene rings is 1. The summed E-state index contributed by atoms with van der Waals surface area (Å²) >= 11 is 0. The third-order valence-corrected chi connectivity index (χ3v) is 5.03. The highest BCUT2D eigenvalue weighted by Gasteiger charge is 2.26. The van der Waals surface area contributed by atoms with E-state index in [1.165, 1.54) is 37.6 Å². The van der Waals surface area contributed by atoms with E-state index in [9.17, 15) is 18.0 Å². The lowest BCUT2D eigenvalue weighted by molar-refractivity contribution is 0.0587. The SMILES string of the molecule is COC(=O)c1ccc(S(=O)(=O)n2cc(C)cc2C(=O)OC)c(N)c1. The van der Waals surface area contributed by atoms with Crippen molar-refractivity contribution in [3.8, 4) is 0 Å². The van der Waals surface area contributed by atoms with Crippen molar-refractivity contribution >= 4 is 27.6 Å². The number of hydrogen-bond donors (Lipinski definition) is 1. The molecule has 2 N–H and O–H groups in total. The van der Waals surface area contributed by atoms with E-state index in [4.69, 9.17) is 5.73 Å². The summed E-state index contributed by atoms with van der Waals surface area (Å²) in [6.45, 7) is 1.64. The van der Waals surface area contributed by atoms with Gasteiger partial charge in [0.05, 0.1) is 25.5 Å². The second-order valence-corrected chi connectivity index (χ2v) is 6.72. The van der Waals surface area contributed by atoms with Crippen LogP contribution in [0.3, 0.4) is 0 Å². The molecule has 2 rings (SSSR count). The van der Waals surface area contributed by atoms with Crippen LogP contribution in [0.25, 0.3) is 0 Å². The van der Waals surface area contributed by atoms with Crippen LogP contribution in [0.4, 0.5) is 5.69 Å². The molecule has 0 aliphatic rings. The number of aryl methyl sites for hydroxylation is 1. The van der Waals surface area contributed by atoms with Crippen molar-refractivity contribution in [3.63, 3.8) is 0 Å². The highest BCUT2D eigenvalue weighted by molar-refractivity contribution is 7.90. The van der Waals surface area contributed by atoms with E-state index in [-0.39, 0.29) is 21.8 Å². The Bertz CT molecular complexity index is 914. The van der Waals surface area contributed by atoms with Crippen LogP contribution >= 0.6 is 0 Å². The van der Waals surface area contributed by atoms with Crippen molar-refractivity contribution in [1.29, 1.82) is 0 Å². The summed E-state index contributed by atoms with van der Waals surface area (Å²) in [6.07, 6.45) is 1.29. The Morgan fingerprint density at radius 2 is 1.71 bits per heavy atom. The number of carbonyl (C=O) groups excluding carboxylic acids is 2. The summed E-state index contributed by atoms with van der Waals surface area (Å²) in [6, 6.07) is 5.06. The molecule has 9 heteroatoms. The van der Waals surface area contributed by atoms with Crippen LogP contribution in [0, 0.1) is 6.92 Å². The number of aromatic nitrogens is 1. The number of esters is 2. The molecular formula is C15H16N2O6S. The average Bonchev–Trinajstić information content (AvgIpc) is 2.95. The summed E-state index contributed by atoms with van der Waals surface area (Å²) in [4.78, 5) is 23.0. The fourth-order valence-electron chi connectivity index (χ4n) is 2.16. The molecule has 0 spiro atoms. The molecule has 1 aromatic heterocycles. The van der Waals surface area contributed by atoms with Gasteiger partial charge in [-0.15, -0.1) is 0 Å². The van der Waals surface area contributed by atoms with Crippen molar-refractivity contribution in [1.82, 2.24) is 3.97 Å². The van der Waals surface area contributed by atoms with Gasteiger partial charge in [-0.25, -0.2) is 22.0 Å². The molecule has 0 amide bonds. The molecule has 0 saturated carbocycles. The maximum Gasteiger partial charge on any atom is 0.355 e. The summed E-state index contributed by atoms with van der Waals surface area (Å²) in [5, 5.41) is 0. The minimum absolute atomic E-state index is 0.117. The van der Waals surface area contributed by atoms with Gasteiger partial charge in [0.25, 0.3) is 10.0 Å². The van der Waals surface area contributed by atoms with Crippen molar-refractivity contribution in [3.05, 3.63) is 47.3 Å². The molecule has 128 valence electrons. The number of nitrogens with zero attached hydrogens (tertiary/aromatic N) is 1. The number of ether oxygens (including phenoxy) is 2. The molecule has 0 unspecified atom stereocenters. The molecule has 8 nitrogen and oxygen atoms in total. The molecule has 24 heavy (non-hydrogen) atoms. The first-order valence-electron chi connectivity index (χ1n) is 6.73. The van der Waals surface area contributed by atoms with Crippen molar-refractivity contribution in [2.24, 2.45) is 0 Å². The molecule has 2 aromatic rings. The van der Waals surface area contributed by atoms with Gasteiger partial charge in [-0.2, -0.15) is 0 Å². The second-order valence-electron chi connectivity index (χ2n) is 4.94. The third kappa shape index (κ3) is 2.98. The number of methoxy groups -OCH3 is 2. The maximum absolute atomic E-state index is 12.8. The topological polar surface area (TPSA) is 118 Å². The lowest BCUT2D eigenvalue weighted by atomic mass is 10.2. The molecule has 0 radical (unpaired) electrons. The fraction of sp³-hybridized carbons (Fsp3) is 0.200. The first kappa shape index (κ1) is 17.5. The Balaban J connectivity index is 2.60. The van der Waals surface area contributed by atoms with Gasteiger partial charge >= 0.3 is 11.9 Å². The molecule has 0 aliphatic heterocycles. The number of hydrogen-bond acceptors (Lipinski definition) is 7. The Kier molecular flexibility index (Phi) is 4.65. The van der Waals surface area contributed by atoms with E-state index in [0.29, 0.717) is 5.56 Å². The normalized spacial score (nSPS) is 11.1. The van der Waals surface area contributed by atoms with Crippen LogP contribution in [0.1, 0.15) is 26.4 Å². The van der Waals surface area contributed by atoms with Crippen molar-refractivity contribution in [2.75, 3.05) is 20.0 Å². The van der Waals surface area contributed by atoms with Gasteiger partial charge in [-0.1, -0.05) is 0 Å². The van der Waals surface area contributed by atoms with Crippen LogP contribution in [-0.2, 0) is 19.5 Å². The molecule has 0 bridgehead atoms. The van der Waals surface area contributed by atoms with Gasteiger partial charge < -0.3 is 15.2 Å². The highest BCUT2D eigenvalue weighted by Crippen LogP contribution is 2.25. The Hall–Kier alpha value is -2.81. The van der Waals surface area contributed by atoms with E-state index in [1.54, 1.807) is 6.92 Å². The second kappa shape index (κ2) is 6.36. The van der Waals surface area contributed by atoms with Crippen molar-refractivity contribution in [2.45, 2.75) is 11.8 Å². The largest absolute Gasteiger partial charge is 0.465 e. The van der Waals surface area contributed by atoms with Crippen LogP contribution in [0.5, 0.6) is 0 Å². The molecule has 1 heterocycles.